The number of aromatic nitrogens is 3. The fourth-order valence-electron chi connectivity index (χ4n) is 2.09. The van der Waals surface area contributed by atoms with Crippen LogP contribution in [0.4, 0.5) is 4.39 Å². The summed E-state index contributed by atoms with van der Waals surface area (Å²) in [5, 5.41) is 7.51. The van der Waals surface area contributed by atoms with Crippen molar-refractivity contribution in [2.75, 3.05) is 6.54 Å². The minimum absolute atomic E-state index is 0.124. The SMILES string of the molecule is CCNC(Cc1cnn(CC)c1)c1ncccc1F. The van der Waals surface area contributed by atoms with Gasteiger partial charge in [0.2, 0.25) is 0 Å². The van der Waals surface area contributed by atoms with Gasteiger partial charge in [-0.15, -0.1) is 0 Å². The average Bonchev–Trinajstić information content (AvgIpc) is 2.87. The molecule has 0 aliphatic carbocycles. The van der Waals surface area contributed by atoms with E-state index >= 15 is 0 Å². The van der Waals surface area contributed by atoms with Gasteiger partial charge in [0.05, 0.1) is 17.9 Å². The van der Waals surface area contributed by atoms with E-state index < -0.39 is 0 Å². The second-order valence-corrected chi connectivity index (χ2v) is 4.39. The highest BCUT2D eigenvalue weighted by Crippen LogP contribution is 2.18. The van der Waals surface area contributed by atoms with Crippen molar-refractivity contribution in [1.82, 2.24) is 20.1 Å². The number of nitrogens with one attached hydrogen (secondary N) is 1. The van der Waals surface area contributed by atoms with Crippen LogP contribution in [-0.2, 0) is 13.0 Å². The molecule has 5 heteroatoms. The van der Waals surface area contributed by atoms with Crippen LogP contribution in [0.5, 0.6) is 0 Å². The van der Waals surface area contributed by atoms with Gasteiger partial charge in [-0.25, -0.2) is 4.39 Å². The number of nitrogens with zero attached hydrogens (tertiary/aromatic N) is 3. The molecule has 19 heavy (non-hydrogen) atoms. The Morgan fingerprint density at radius 3 is 2.89 bits per heavy atom. The predicted molar refractivity (Wildman–Crippen MR) is 72.2 cm³/mol. The molecular weight excluding hydrogens is 243 g/mol. The van der Waals surface area contributed by atoms with Gasteiger partial charge < -0.3 is 5.32 Å². The lowest BCUT2D eigenvalue weighted by Gasteiger charge is -2.17. The van der Waals surface area contributed by atoms with Crippen LogP contribution in [0.25, 0.3) is 0 Å². The van der Waals surface area contributed by atoms with Gasteiger partial charge in [-0.2, -0.15) is 5.10 Å². The van der Waals surface area contributed by atoms with E-state index in [1.807, 2.05) is 30.9 Å². The second kappa shape index (κ2) is 6.43. The number of pyridine rings is 1. The Bertz CT molecular complexity index is 524. The molecule has 0 amide bonds. The Morgan fingerprint density at radius 2 is 2.26 bits per heavy atom. The van der Waals surface area contributed by atoms with Crippen LogP contribution in [0.15, 0.2) is 30.7 Å². The highest BCUT2D eigenvalue weighted by molar-refractivity contribution is 5.16. The molecule has 0 saturated carbocycles. The third-order valence-corrected chi connectivity index (χ3v) is 3.02. The highest BCUT2D eigenvalue weighted by atomic mass is 19.1. The largest absolute Gasteiger partial charge is 0.309 e. The molecule has 0 aromatic carbocycles. The summed E-state index contributed by atoms with van der Waals surface area (Å²) in [7, 11) is 0. The normalized spacial score (nSPS) is 12.6. The van der Waals surface area contributed by atoms with Crippen molar-refractivity contribution in [2.45, 2.75) is 32.9 Å². The van der Waals surface area contributed by atoms with Crippen LogP contribution >= 0.6 is 0 Å². The van der Waals surface area contributed by atoms with E-state index in [2.05, 4.69) is 15.4 Å². The predicted octanol–water partition coefficient (Wildman–Crippen LogP) is 2.33. The number of likely N-dealkylation sites (N-methyl/N-ethyl adjacent to an activating group) is 1. The lowest BCUT2D eigenvalue weighted by molar-refractivity contribution is 0.494. The number of hydrogen-bond donors (Lipinski definition) is 1. The monoisotopic (exact) mass is 262 g/mol. The van der Waals surface area contributed by atoms with Crippen LogP contribution in [0.3, 0.4) is 0 Å². The van der Waals surface area contributed by atoms with Crippen molar-refractivity contribution < 1.29 is 4.39 Å². The van der Waals surface area contributed by atoms with Gasteiger partial charge in [0.15, 0.2) is 0 Å². The maximum absolute atomic E-state index is 13.8. The molecule has 0 spiro atoms. The Balaban J connectivity index is 2.18. The maximum Gasteiger partial charge on any atom is 0.146 e. The molecule has 4 nitrogen and oxygen atoms in total. The van der Waals surface area contributed by atoms with Crippen LogP contribution in [0.2, 0.25) is 0 Å². The van der Waals surface area contributed by atoms with Crippen molar-refractivity contribution in [2.24, 2.45) is 0 Å². The van der Waals surface area contributed by atoms with Crippen LogP contribution in [0.1, 0.15) is 31.1 Å². The molecule has 1 N–H and O–H groups in total. The number of aryl methyl sites for hydroxylation is 1. The molecular formula is C14H19FN4. The zero-order chi connectivity index (χ0) is 13.7. The minimum atomic E-state index is -0.267. The summed E-state index contributed by atoms with van der Waals surface area (Å²) in [6, 6.07) is 2.93. The van der Waals surface area contributed by atoms with E-state index in [1.165, 1.54) is 6.07 Å². The Labute approximate surface area is 112 Å². The minimum Gasteiger partial charge on any atom is -0.309 e. The summed E-state index contributed by atoms with van der Waals surface area (Å²) >= 11 is 0. The molecule has 0 fully saturated rings. The Hall–Kier alpha value is -1.75. The summed E-state index contributed by atoms with van der Waals surface area (Å²) in [6.07, 6.45) is 6.12. The molecule has 1 unspecified atom stereocenters. The second-order valence-electron chi connectivity index (χ2n) is 4.39. The molecule has 0 saturated heterocycles. The fraction of sp³-hybridized carbons (Fsp3) is 0.429. The smallest absolute Gasteiger partial charge is 0.146 e. The van der Waals surface area contributed by atoms with E-state index in [1.54, 1.807) is 12.3 Å². The summed E-state index contributed by atoms with van der Waals surface area (Å²) in [4.78, 5) is 4.16. The quantitative estimate of drug-likeness (QED) is 0.869. The van der Waals surface area contributed by atoms with E-state index in [0.717, 1.165) is 18.7 Å². The van der Waals surface area contributed by atoms with Crippen molar-refractivity contribution >= 4 is 0 Å². The summed E-state index contributed by atoms with van der Waals surface area (Å²) in [6.45, 7) is 5.65. The zero-order valence-electron chi connectivity index (χ0n) is 11.3. The first kappa shape index (κ1) is 13.7. The summed E-state index contributed by atoms with van der Waals surface area (Å²) < 4.78 is 15.7. The van der Waals surface area contributed by atoms with Crippen molar-refractivity contribution in [3.8, 4) is 0 Å². The number of hydrogen-bond acceptors (Lipinski definition) is 3. The number of rotatable bonds is 6. The van der Waals surface area contributed by atoms with Crippen molar-refractivity contribution in [3.63, 3.8) is 0 Å². The van der Waals surface area contributed by atoms with Gasteiger partial charge in [0, 0.05) is 18.9 Å². The van der Waals surface area contributed by atoms with Gasteiger partial charge >= 0.3 is 0 Å². The standard InChI is InChI=1S/C14H19FN4/c1-3-16-13(14-12(15)6-5-7-17-14)8-11-9-18-19(4-2)10-11/h5-7,9-10,13,16H,3-4,8H2,1-2H3. The molecule has 0 aliphatic heterocycles. The third-order valence-electron chi connectivity index (χ3n) is 3.02. The van der Waals surface area contributed by atoms with Gasteiger partial charge in [-0.05, 0) is 37.6 Å². The third kappa shape index (κ3) is 3.38. The molecule has 0 radical (unpaired) electrons. The molecule has 1 atom stereocenters. The Morgan fingerprint density at radius 1 is 1.42 bits per heavy atom. The molecule has 2 rings (SSSR count). The van der Waals surface area contributed by atoms with Crippen LogP contribution in [-0.4, -0.2) is 21.3 Å². The van der Waals surface area contributed by atoms with Crippen LogP contribution in [0, 0.1) is 5.82 Å². The van der Waals surface area contributed by atoms with E-state index in [-0.39, 0.29) is 11.9 Å². The lowest BCUT2D eigenvalue weighted by atomic mass is 10.1. The molecule has 0 aliphatic rings. The zero-order valence-corrected chi connectivity index (χ0v) is 11.3. The average molecular weight is 262 g/mol. The van der Waals surface area contributed by atoms with Crippen LogP contribution < -0.4 is 5.32 Å². The molecule has 2 heterocycles. The van der Waals surface area contributed by atoms with Gasteiger partial charge in [-0.1, -0.05) is 6.92 Å². The molecule has 2 aromatic rings. The fourth-order valence-corrected chi connectivity index (χ4v) is 2.09. The van der Waals surface area contributed by atoms with Gasteiger partial charge in [0.1, 0.15) is 5.82 Å². The number of halogens is 1. The summed E-state index contributed by atoms with van der Waals surface area (Å²) in [5.74, 6) is -0.267. The maximum atomic E-state index is 13.8. The first-order chi connectivity index (χ1) is 9.24. The van der Waals surface area contributed by atoms with Gasteiger partial charge in [-0.3, -0.25) is 9.67 Å². The van der Waals surface area contributed by atoms with Crippen molar-refractivity contribution in [3.05, 3.63) is 47.8 Å². The van der Waals surface area contributed by atoms with Gasteiger partial charge in [0.25, 0.3) is 0 Å². The van der Waals surface area contributed by atoms with E-state index in [9.17, 15) is 4.39 Å². The first-order valence-corrected chi connectivity index (χ1v) is 6.59. The van der Waals surface area contributed by atoms with E-state index in [4.69, 9.17) is 0 Å². The molecule has 102 valence electrons. The molecule has 0 bridgehead atoms. The summed E-state index contributed by atoms with van der Waals surface area (Å²) in [5.41, 5.74) is 1.55. The topological polar surface area (TPSA) is 42.7 Å². The highest BCUT2D eigenvalue weighted by Gasteiger charge is 2.17. The van der Waals surface area contributed by atoms with Crippen molar-refractivity contribution in [1.29, 1.82) is 0 Å². The lowest BCUT2D eigenvalue weighted by Crippen LogP contribution is -2.24. The Kier molecular flexibility index (Phi) is 4.63. The molecule has 2 aromatic heterocycles. The first-order valence-electron chi connectivity index (χ1n) is 6.59. The van der Waals surface area contributed by atoms with E-state index in [0.29, 0.717) is 12.1 Å².